The van der Waals surface area contributed by atoms with Gasteiger partial charge in [0.05, 0.1) is 28.9 Å². The summed E-state index contributed by atoms with van der Waals surface area (Å²) in [6, 6.07) is 7.31. The van der Waals surface area contributed by atoms with Gasteiger partial charge in [0.25, 0.3) is 0 Å². The molecule has 0 radical (unpaired) electrons. The fraction of sp³-hybridized carbons (Fsp3) is 0.250. The molecule has 0 unspecified atom stereocenters. The van der Waals surface area contributed by atoms with Gasteiger partial charge in [-0.05, 0) is 31.0 Å². The highest BCUT2D eigenvalue weighted by Gasteiger charge is 2.34. The molecule has 1 fully saturated rings. The van der Waals surface area contributed by atoms with Crippen LogP contribution in [0.5, 0.6) is 0 Å². The molecule has 1 aliphatic rings. The second-order valence-electron chi connectivity index (χ2n) is 8.19. The van der Waals surface area contributed by atoms with E-state index in [1.807, 2.05) is 0 Å². The predicted octanol–water partition coefficient (Wildman–Crippen LogP) is 3.46. The molecule has 188 valence electrons. The van der Waals surface area contributed by atoms with Crippen molar-refractivity contribution >= 4 is 52.1 Å². The highest BCUT2D eigenvalue weighted by molar-refractivity contribution is 6.31. The molecule has 0 bridgehead atoms. The normalized spacial score (nSPS) is 15.1. The van der Waals surface area contributed by atoms with Gasteiger partial charge in [-0.2, -0.15) is 0 Å². The standard InChI is InChI=1S/C24H23ClFN5O5/c1-36-22(33)13-9-14(20(26)16(25)10-13)11-28-21(32)19-7-4-8-30(19)24(35)29-17-12-31(23(27)34)18-6-3-2-5-15(17)18/h2-3,5-6,9-10,12,19H,4,7-8,11H2,1H3,(H2,27,34)(H,28,32)(H,29,35)/t19-/m0/s1. The van der Waals surface area contributed by atoms with Gasteiger partial charge in [-0.25, -0.2) is 18.8 Å². The lowest BCUT2D eigenvalue weighted by molar-refractivity contribution is -0.124. The van der Waals surface area contributed by atoms with Crippen molar-refractivity contribution in [2.75, 3.05) is 19.0 Å². The number of benzene rings is 2. The molecule has 0 aliphatic carbocycles. The summed E-state index contributed by atoms with van der Waals surface area (Å²) in [5.74, 6) is -1.95. The number of urea groups is 1. The number of rotatable bonds is 5. The van der Waals surface area contributed by atoms with Crippen LogP contribution in [0.3, 0.4) is 0 Å². The van der Waals surface area contributed by atoms with Crippen LogP contribution >= 0.6 is 11.6 Å². The zero-order chi connectivity index (χ0) is 26.0. The number of fused-ring (bicyclic) bond motifs is 1. The number of amides is 4. The number of likely N-dealkylation sites (tertiary alicyclic amines) is 1. The number of anilines is 1. The average molecular weight is 516 g/mol. The second-order valence-corrected chi connectivity index (χ2v) is 8.60. The molecule has 1 aliphatic heterocycles. The quantitative estimate of drug-likeness (QED) is 0.447. The lowest BCUT2D eigenvalue weighted by atomic mass is 10.1. The van der Waals surface area contributed by atoms with Crippen molar-refractivity contribution in [2.24, 2.45) is 5.73 Å². The van der Waals surface area contributed by atoms with Crippen molar-refractivity contribution in [1.29, 1.82) is 0 Å². The Bertz CT molecular complexity index is 1370. The Morgan fingerprint density at radius 3 is 2.69 bits per heavy atom. The fourth-order valence-electron chi connectivity index (χ4n) is 4.24. The van der Waals surface area contributed by atoms with E-state index in [0.29, 0.717) is 36.0 Å². The monoisotopic (exact) mass is 515 g/mol. The molecule has 2 heterocycles. The smallest absolute Gasteiger partial charge is 0.337 e. The third-order valence-corrected chi connectivity index (χ3v) is 6.26. The largest absolute Gasteiger partial charge is 0.465 e. The molecule has 10 nitrogen and oxygen atoms in total. The summed E-state index contributed by atoms with van der Waals surface area (Å²) in [6.45, 7) is 0.0870. The van der Waals surface area contributed by atoms with Crippen LogP contribution in [0.4, 0.5) is 19.7 Å². The van der Waals surface area contributed by atoms with Gasteiger partial charge in [0, 0.05) is 30.2 Å². The number of nitrogens with two attached hydrogens (primary N) is 1. The summed E-state index contributed by atoms with van der Waals surface area (Å²) in [5, 5.41) is 5.70. The van der Waals surface area contributed by atoms with Crippen LogP contribution in [0.15, 0.2) is 42.6 Å². The van der Waals surface area contributed by atoms with Gasteiger partial charge >= 0.3 is 18.0 Å². The van der Waals surface area contributed by atoms with Gasteiger partial charge in [-0.3, -0.25) is 9.36 Å². The van der Waals surface area contributed by atoms with E-state index in [9.17, 15) is 23.6 Å². The number of hydrogen-bond donors (Lipinski definition) is 3. The van der Waals surface area contributed by atoms with Crippen LogP contribution in [0, 0.1) is 5.82 Å². The van der Waals surface area contributed by atoms with Crippen LogP contribution in [0.25, 0.3) is 10.9 Å². The number of hydrogen-bond acceptors (Lipinski definition) is 5. The SMILES string of the molecule is COC(=O)c1cc(Cl)c(F)c(CNC(=O)[C@@H]2CCCN2C(=O)Nc2cn(C(N)=O)c3ccccc23)c1. The molecule has 4 amide bonds. The van der Waals surface area contributed by atoms with Gasteiger partial charge < -0.3 is 26.0 Å². The van der Waals surface area contributed by atoms with E-state index in [4.69, 9.17) is 17.3 Å². The first kappa shape index (κ1) is 25.0. The van der Waals surface area contributed by atoms with Crippen LogP contribution < -0.4 is 16.4 Å². The lowest BCUT2D eigenvalue weighted by Gasteiger charge is -2.24. The minimum absolute atomic E-state index is 0.00418. The van der Waals surface area contributed by atoms with Crippen LogP contribution in [0.1, 0.15) is 28.8 Å². The van der Waals surface area contributed by atoms with Crippen molar-refractivity contribution in [3.8, 4) is 0 Å². The third kappa shape index (κ3) is 4.82. The number of carbonyl (C=O) groups is 4. The molecule has 0 spiro atoms. The molecule has 4 rings (SSSR count). The molecule has 1 saturated heterocycles. The van der Waals surface area contributed by atoms with Crippen molar-refractivity contribution in [3.63, 3.8) is 0 Å². The maximum Gasteiger partial charge on any atom is 0.337 e. The van der Waals surface area contributed by atoms with E-state index >= 15 is 0 Å². The van der Waals surface area contributed by atoms with Crippen molar-refractivity contribution < 1.29 is 28.3 Å². The van der Waals surface area contributed by atoms with E-state index in [1.54, 1.807) is 24.3 Å². The van der Waals surface area contributed by atoms with E-state index < -0.39 is 35.8 Å². The Hall–Kier alpha value is -4.12. The summed E-state index contributed by atoms with van der Waals surface area (Å²) in [7, 11) is 1.19. The topological polar surface area (TPSA) is 136 Å². The average Bonchev–Trinajstić information content (AvgIpc) is 3.50. The molecular weight excluding hydrogens is 493 g/mol. The van der Waals surface area contributed by atoms with E-state index in [2.05, 4.69) is 15.4 Å². The molecular formula is C24H23ClFN5O5. The molecule has 12 heteroatoms. The Morgan fingerprint density at radius 2 is 1.97 bits per heavy atom. The number of halogens is 2. The van der Waals surface area contributed by atoms with Gasteiger partial charge in [0.15, 0.2) is 0 Å². The minimum Gasteiger partial charge on any atom is -0.465 e. The van der Waals surface area contributed by atoms with Gasteiger partial charge in [0.1, 0.15) is 11.9 Å². The van der Waals surface area contributed by atoms with Crippen LogP contribution in [-0.2, 0) is 16.1 Å². The number of ether oxygens (including phenoxy) is 1. The second kappa shape index (κ2) is 10.2. The minimum atomic E-state index is -0.795. The van der Waals surface area contributed by atoms with Gasteiger partial charge in [0.2, 0.25) is 5.91 Å². The summed E-state index contributed by atoms with van der Waals surface area (Å²) in [5.41, 5.74) is 6.39. The Kier molecular flexibility index (Phi) is 7.11. The number of esters is 1. The lowest BCUT2D eigenvalue weighted by Crippen LogP contribution is -2.47. The zero-order valence-electron chi connectivity index (χ0n) is 19.2. The fourth-order valence-corrected chi connectivity index (χ4v) is 4.48. The first-order chi connectivity index (χ1) is 17.2. The molecule has 1 aromatic heterocycles. The Morgan fingerprint density at radius 1 is 1.22 bits per heavy atom. The molecule has 0 saturated carbocycles. The number of nitrogens with zero attached hydrogens (tertiary/aromatic N) is 2. The van der Waals surface area contributed by atoms with Crippen LogP contribution in [0.2, 0.25) is 5.02 Å². The summed E-state index contributed by atoms with van der Waals surface area (Å²) in [6.07, 6.45) is 2.43. The number of para-hydroxylation sites is 1. The number of aromatic nitrogens is 1. The Labute approximate surface area is 210 Å². The molecule has 2 aromatic carbocycles. The van der Waals surface area contributed by atoms with Gasteiger partial charge in [-0.1, -0.05) is 29.8 Å². The van der Waals surface area contributed by atoms with Crippen LogP contribution in [-0.4, -0.2) is 53.1 Å². The maximum atomic E-state index is 14.5. The number of carbonyl (C=O) groups excluding carboxylic acids is 4. The molecule has 3 aromatic rings. The predicted molar refractivity (Wildman–Crippen MR) is 130 cm³/mol. The number of methoxy groups -OCH3 is 1. The highest BCUT2D eigenvalue weighted by Crippen LogP contribution is 2.27. The maximum absolute atomic E-state index is 14.5. The Balaban J connectivity index is 1.47. The molecule has 1 atom stereocenters. The van der Waals surface area contributed by atoms with E-state index in [1.165, 1.54) is 28.8 Å². The summed E-state index contributed by atoms with van der Waals surface area (Å²) >= 11 is 5.88. The number of primary amides is 1. The zero-order valence-corrected chi connectivity index (χ0v) is 20.0. The summed E-state index contributed by atoms with van der Waals surface area (Å²) in [4.78, 5) is 50.9. The van der Waals surface area contributed by atoms with E-state index in [0.717, 1.165) is 6.07 Å². The van der Waals surface area contributed by atoms with Crippen molar-refractivity contribution in [1.82, 2.24) is 14.8 Å². The third-order valence-electron chi connectivity index (χ3n) is 5.99. The molecule has 4 N–H and O–H groups in total. The highest BCUT2D eigenvalue weighted by atomic mass is 35.5. The number of nitrogens with one attached hydrogen (secondary N) is 2. The van der Waals surface area contributed by atoms with Gasteiger partial charge in [-0.15, -0.1) is 0 Å². The molecule has 36 heavy (non-hydrogen) atoms. The van der Waals surface area contributed by atoms with E-state index in [-0.39, 0.29) is 22.7 Å². The van der Waals surface area contributed by atoms with Crippen molar-refractivity contribution in [3.05, 3.63) is 64.6 Å². The van der Waals surface area contributed by atoms with Crippen molar-refractivity contribution in [2.45, 2.75) is 25.4 Å². The summed E-state index contributed by atoms with van der Waals surface area (Å²) < 4.78 is 20.3. The first-order valence-electron chi connectivity index (χ1n) is 11.0. The first-order valence-corrected chi connectivity index (χ1v) is 11.4.